The molecule has 112 valence electrons. The van der Waals surface area contributed by atoms with E-state index in [-0.39, 0.29) is 5.91 Å². The van der Waals surface area contributed by atoms with Gasteiger partial charge in [0.05, 0.1) is 28.2 Å². The molecule has 0 aliphatic carbocycles. The Balaban J connectivity index is 2.15. The SMILES string of the molecule is COCCNC(=O)c1ccc(-n2nc(C)c(Br)c2C)cc1. The number of ether oxygens (including phenoxy) is 1. The third kappa shape index (κ3) is 3.51. The molecular weight excluding hydrogens is 334 g/mol. The van der Waals surface area contributed by atoms with Crippen LogP contribution in [-0.4, -0.2) is 35.9 Å². The molecule has 5 nitrogen and oxygen atoms in total. The molecule has 2 aromatic rings. The maximum absolute atomic E-state index is 11.9. The fourth-order valence-electron chi connectivity index (χ4n) is 2.00. The minimum atomic E-state index is -0.104. The lowest BCUT2D eigenvalue weighted by Gasteiger charge is -2.07. The third-order valence-corrected chi connectivity index (χ3v) is 4.32. The van der Waals surface area contributed by atoms with Gasteiger partial charge < -0.3 is 10.1 Å². The summed E-state index contributed by atoms with van der Waals surface area (Å²) in [4.78, 5) is 11.9. The maximum Gasteiger partial charge on any atom is 0.251 e. The van der Waals surface area contributed by atoms with Gasteiger partial charge in [0.25, 0.3) is 5.91 Å². The third-order valence-electron chi connectivity index (χ3n) is 3.17. The van der Waals surface area contributed by atoms with Gasteiger partial charge in [-0.1, -0.05) is 0 Å². The summed E-state index contributed by atoms with van der Waals surface area (Å²) in [6, 6.07) is 7.36. The molecule has 1 heterocycles. The number of rotatable bonds is 5. The van der Waals surface area contributed by atoms with E-state index in [2.05, 4.69) is 26.3 Å². The molecule has 0 aliphatic heterocycles. The van der Waals surface area contributed by atoms with Crippen LogP contribution in [0.1, 0.15) is 21.7 Å². The van der Waals surface area contributed by atoms with Crippen LogP contribution in [0.25, 0.3) is 5.69 Å². The average molecular weight is 352 g/mol. The highest BCUT2D eigenvalue weighted by Crippen LogP contribution is 2.23. The van der Waals surface area contributed by atoms with Crippen LogP contribution < -0.4 is 5.32 Å². The number of halogens is 1. The van der Waals surface area contributed by atoms with Gasteiger partial charge >= 0.3 is 0 Å². The number of aromatic nitrogens is 2. The normalized spacial score (nSPS) is 10.7. The van der Waals surface area contributed by atoms with Crippen molar-refractivity contribution in [2.75, 3.05) is 20.3 Å². The van der Waals surface area contributed by atoms with Gasteiger partial charge in [0.2, 0.25) is 0 Å². The predicted octanol–water partition coefficient (Wildman–Crippen LogP) is 2.63. The van der Waals surface area contributed by atoms with Gasteiger partial charge in [0.15, 0.2) is 0 Å². The van der Waals surface area contributed by atoms with Crippen molar-refractivity contribution in [1.82, 2.24) is 15.1 Å². The van der Waals surface area contributed by atoms with Gasteiger partial charge in [-0.15, -0.1) is 0 Å². The Labute approximate surface area is 132 Å². The highest BCUT2D eigenvalue weighted by atomic mass is 79.9. The minimum Gasteiger partial charge on any atom is -0.383 e. The number of nitrogens with one attached hydrogen (secondary N) is 1. The standard InChI is InChI=1S/C15H18BrN3O2/c1-10-14(16)11(2)19(18-10)13-6-4-12(5-7-13)15(20)17-8-9-21-3/h4-7H,8-9H2,1-3H3,(H,17,20). The number of methoxy groups -OCH3 is 1. The van der Waals surface area contributed by atoms with Crippen LogP contribution in [0.4, 0.5) is 0 Å². The number of hydrogen-bond donors (Lipinski definition) is 1. The first kappa shape index (κ1) is 15.7. The van der Waals surface area contributed by atoms with Gasteiger partial charge in [-0.2, -0.15) is 5.10 Å². The zero-order valence-electron chi connectivity index (χ0n) is 12.3. The first-order chi connectivity index (χ1) is 10.0. The average Bonchev–Trinajstić information content (AvgIpc) is 2.75. The first-order valence-corrected chi connectivity index (χ1v) is 7.43. The van der Waals surface area contributed by atoms with Crippen LogP contribution in [0.3, 0.4) is 0 Å². The second kappa shape index (κ2) is 6.87. The summed E-state index contributed by atoms with van der Waals surface area (Å²) < 4.78 is 7.76. The van der Waals surface area contributed by atoms with Crippen LogP contribution in [-0.2, 0) is 4.74 Å². The van der Waals surface area contributed by atoms with E-state index in [0.717, 1.165) is 21.5 Å². The Bertz CT molecular complexity index is 635. The molecule has 1 amide bonds. The molecule has 6 heteroatoms. The fraction of sp³-hybridized carbons (Fsp3) is 0.333. The molecule has 0 atom stereocenters. The van der Waals surface area contributed by atoms with Gasteiger partial charge in [-0.05, 0) is 54.0 Å². The van der Waals surface area contributed by atoms with E-state index in [1.165, 1.54) is 0 Å². The van der Waals surface area contributed by atoms with Crippen LogP contribution in [0.15, 0.2) is 28.7 Å². The van der Waals surface area contributed by atoms with Gasteiger partial charge in [0.1, 0.15) is 0 Å². The van der Waals surface area contributed by atoms with Crippen LogP contribution in [0, 0.1) is 13.8 Å². The van der Waals surface area contributed by atoms with Crippen molar-refractivity contribution in [2.24, 2.45) is 0 Å². The van der Waals surface area contributed by atoms with Crippen molar-refractivity contribution in [3.63, 3.8) is 0 Å². The Morgan fingerprint density at radius 1 is 1.33 bits per heavy atom. The van der Waals surface area contributed by atoms with Crippen molar-refractivity contribution >= 4 is 21.8 Å². The van der Waals surface area contributed by atoms with Crippen LogP contribution >= 0.6 is 15.9 Å². The van der Waals surface area contributed by atoms with Crippen molar-refractivity contribution < 1.29 is 9.53 Å². The first-order valence-electron chi connectivity index (χ1n) is 6.64. The smallest absolute Gasteiger partial charge is 0.251 e. The fourth-order valence-corrected chi connectivity index (χ4v) is 2.25. The summed E-state index contributed by atoms with van der Waals surface area (Å²) in [6.45, 7) is 4.95. The molecule has 0 fully saturated rings. The zero-order valence-corrected chi connectivity index (χ0v) is 13.9. The molecule has 0 radical (unpaired) electrons. The predicted molar refractivity (Wildman–Crippen MR) is 84.9 cm³/mol. The summed E-state index contributed by atoms with van der Waals surface area (Å²) in [5.41, 5.74) is 3.52. The van der Waals surface area contributed by atoms with Crippen LogP contribution in [0.2, 0.25) is 0 Å². The largest absolute Gasteiger partial charge is 0.383 e. The molecular formula is C15H18BrN3O2. The topological polar surface area (TPSA) is 56.1 Å². The molecule has 1 aromatic carbocycles. The maximum atomic E-state index is 11.9. The number of benzene rings is 1. The highest BCUT2D eigenvalue weighted by Gasteiger charge is 2.11. The number of amides is 1. The van der Waals surface area contributed by atoms with E-state index in [1.54, 1.807) is 19.2 Å². The van der Waals surface area contributed by atoms with E-state index < -0.39 is 0 Å². The molecule has 21 heavy (non-hydrogen) atoms. The summed E-state index contributed by atoms with van der Waals surface area (Å²) in [6.07, 6.45) is 0. The van der Waals surface area contributed by atoms with Gasteiger partial charge in [0, 0.05) is 19.2 Å². The number of carbonyl (C=O) groups excluding carboxylic acids is 1. The Morgan fingerprint density at radius 3 is 2.52 bits per heavy atom. The van der Waals surface area contributed by atoms with Crippen molar-refractivity contribution in [1.29, 1.82) is 0 Å². The lowest BCUT2D eigenvalue weighted by Crippen LogP contribution is -2.26. The summed E-state index contributed by atoms with van der Waals surface area (Å²) >= 11 is 3.51. The highest BCUT2D eigenvalue weighted by molar-refractivity contribution is 9.10. The molecule has 0 spiro atoms. The molecule has 0 saturated carbocycles. The Hall–Kier alpha value is -1.66. The van der Waals surface area contributed by atoms with Crippen molar-refractivity contribution in [2.45, 2.75) is 13.8 Å². The summed E-state index contributed by atoms with van der Waals surface area (Å²) in [5, 5.41) is 7.26. The summed E-state index contributed by atoms with van der Waals surface area (Å²) in [5.74, 6) is -0.104. The minimum absolute atomic E-state index is 0.104. The monoisotopic (exact) mass is 351 g/mol. The number of nitrogens with zero attached hydrogens (tertiary/aromatic N) is 2. The molecule has 1 aromatic heterocycles. The van der Waals surface area contributed by atoms with Crippen molar-refractivity contribution in [3.8, 4) is 5.69 Å². The Kier molecular flexibility index (Phi) is 5.14. The second-order valence-electron chi connectivity index (χ2n) is 4.69. The zero-order chi connectivity index (χ0) is 15.4. The number of hydrogen-bond acceptors (Lipinski definition) is 3. The molecule has 0 unspecified atom stereocenters. The van der Waals surface area contributed by atoms with Gasteiger partial charge in [-0.25, -0.2) is 4.68 Å². The van der Waals surface area contributed by atoms with E-state index in [1.807, 2.05) is 30.7 Å². The van der Waals surface area contributed by atoms with E-state index in [0.29, 0.717) is 18.7 Å². The second-order valence-corrected chi connectivity index (χ2v) is 5.49. The van der Waals surface area contributed by atoms with E-state index in [9.17, 15) is 4.79 Å². The van der Waals surface area contributed by atoms with Crippen LogP contribution in [0.5, 0.6) is 0 Å². The Morgan fingerprint density at radius 2 is 2.00 bits per heavy atom. The molecule has 1 N–H and O–H groups in total. The summed E-state index contributed by atoms with van der Waals surface area (Å²) in [7, 11) is 1.60. The molecule has 0 aliphatic rings. The lowest BCUT2D eigenvalue weighted by molar-refractivity contribution is 0.0937. The quantitative estimate of drug-likeness (QED) is 0.842. The van der Waals surface area contributed by atoms with Gasteiger partial charge in [-0.3, -0.25) is 4.79 Å². The number of aryl methyl sites for hydroxylation is 1. The van der Waals surface area contributed by atoms with E-state index in [4.69, 9.17) is 4.74 Å². The number of carbonyl (C=O) groups is 1. The molecule has 0 bridgehead atoms. The van der Waals surface area contributed by atoms with E-state index >= 15 is 0 Å². The molecule has 2 rings (SSSR count). The lowest BCUT2D eigenvalue weighted by atomic mass is 10.2. The molecule has 0 saturated heterocycles. The van der Waals surface area contributed by atoms with Crippen molar-refractivity contribution in [3.05, 3.63) is 45.7 Å².